The number of allylic oxidation sites excluding steroid dienone is 2. The molecule has 58 valence electrons. The summed E-state index contributed by atoms with van der Waals surface area (Å²) in [4.78, 5) is 10.8. The summed E-state index contributed by atoms with van der Waals surface area (Å²) in [5.41, 5.74) is 0. The first-order chi connectivity index (χ1) is 4.72. The molecule has 1 nitrogen and oxygen atoms in total. The molecule has 10 heavy (non-hydrogen) atoms. The van der Waals surface area contributed by atoms with Crippen LogP contribution in [-0.4, -0.2) is 5.78 Å². The monoisotopic (exact) mass is 140 g/mol. The molecule has 0 radical (unpaired) electrons. The van der Waals surface area contributed by atoms with E-state index in [-0.39, 0.29) is 5.92 Å². The molecular formula is C9H16O. The van der Waals surface area contributed by atoms with Crippen molar-refractivity contribution < 1.29 is 4.79 Å². The molecule has 0 aliphatic heterocycles. The van der Waals surface area contributed by atoms with Gasteiger partial charge in [0.15, 0.2) is 0 Å². The standard InChI is InChI=1S/C9H16O/c1-4-6-7-9(5-2)8(3)10/h4,6,9H,5,7H2,1-3H3. The maximum Gasteiger partial charge on any atom is 0.133 e. The minimum atomic E-state index is 0.246. The van der Waals surface area contributed by atoms with E-state index in [9.17, 15) is 4.79 Å². The second kappa shape index (κ2) is 5.21. The van der Waals surface area contributed by atoms with E-state index in [0.717, 1.165) is 12.8 Å². The zero-order valence-electron chi connectivity index (χ0n) is 7.05. The van der Waals surface area contributed by atoms with E-state index in [2.05, 4.69) is 13.0 Å². The van der Waals surface area contributed by atoms with E-state index in [4.69, 9.17) is 0 Å². The Balaban J connectivity index is 3.71. The first-order valence-electron chi connectivity index (χ1n) is 3.84. The van der Waals surface area contributed by atoms with Crippen LogP contribution in [0.1, 0.15) is 33.6 Å². The van der Waals surface area contributed by atoms with Gasteiger partial charge in [-0.05, 0) is 26.7 Å². The molecule has 1 heteroatoms. The van der Waals surface area contributed by atoms with E-state index in [0.29, 0.717) is 5.78 Å². The van der Waals surface area contributed by atoms with E-state index in [1.807, 2.05) is 13.0 Å². The molecular weight excluding hydrogens is 124 g/mol. The summed E-state index contributed by atoms with van der Waals surface area (Å²) >= 11 is 0. The first-order valence-corrected chi connectivity index (χ1v) is 3.84. The fraction of sp³-hybridized carbons (Fsp3) is 0.667. The van der Waals surface area contributed by atoms with E-state index in [1.165, 1.54) is 0 Å². The summed E-state index contributed by atoms with van der Waals surface area (Å²) in [6, 6.07) is 0. The number of rotatable bonds is 4. The molecule has 0 aromatic carbocycles. The number of hydrogen-bond donors (Lipinski definition) is 0. The molecule has 0 saturated carbocycles. The minimum Gasteiger partial charge on any atom is -0.300 e. The van der Waals surface area contributed by atoms with Crippen molar-refractivity contribution in [1.29, 1.82) is 0 Å². The Morgan fingerprint density at radius 2 is 2.20 bits per heavy atom. The Bertz CT molecular complexity index is 125. The molecule has 0 fully saturated rings. The number of ketones is 1. The Labute approximate surface area is 63.1 Å². The van der Waals surface area contributed by atoms with Crippen molar-refractivity contribution in [3.8, 4) is 0 Å². The molecule has 0 aromatic rings. The highest BCUT2D eigenvalue weighted by Gasteiger charge is 2.08. The lowest BCUT2D eigenvalue weighted by Crippen LogP contribution is -2.07. The fourth-order valence-electron chi connectivity index (χ4n) is 0.920. The SMILES string of the molecule is CC=CCC(CC)C(C)=O. The van der Waals surface area contributed by atoms with Crippen LogP contribution in [-0.2, 0) is 4.79 Å². The van der Waals surface area contributed by atoms with Gasteiger partial charge in [0.05, 0.1) is 0 Å². The quantitative estimate of drug-likeness (QED) is 0.548. The lowest BCUT2D eigenvalue weighted by atomic mass is 9.98. The van der Waals surface area contributed by atoms with Gasteiger partial charge >= 0.3 is 0 Å². The summed E-state index contributed by atoms with van der Waals surface area (Å²) in [7, 11) is 0. The summed E-state index contributed by atoms with van der Waals surface area (Å²) in [6.45, 7) is 5.69. The topological polar surface area (TPSA) is 17.1 Å². The van der Waals surface area contributed by atoms with Gasteiger partial charge in [-0.25, -0.2) is 0 Å². The molecule has 0 N–H and O–H groups in total. The average Bonchev–Trinajstić information content (AvgIpc) is 1.89. The third kappa shape index (κ3) is 3.44. The van der Waals surface area contributed by atoms with Crippen LogP contribution in [0.5, 0.6) is 0 Å². The van der Waals surface area contributed by atoms with Gasteiger partial charge in [-0.15, -0.1) is 0 Å². The van der Waals surface area contributed by atoms with Gasteiger partial charge in [0.2, 0.25) is 0 Å². The van der Waals surface area contributed by atoms with Crippen LogP contribution < -0.4 is 0 Å². The number of Topliss-reactive ketones (excluding diaryl/α,β-unsaturated/α-hetero) is 1. The van der Waals surface area contributed by atoms with Gasteiger partial charge in [-0.1, -0.05) is 19.1 Å². The molecule has 0 heterocycles. The normalized spacial score (nSPS) is 13.9. The lowest BCUT2D eigenvalue weighted by Gasteiger charge is -2.05. The summed E-state index contributed by atoms with van der Waals surface area (Å²) < 4.78 is 0. The lowest BCUT2D eigenvalue weighted by molar-refractivity contribution is -0.120. The van der Waals surface area contributed by atoms with Crippen molar-refractivity contribution in [3.63, 3.8) is 0 Å². The number of carbonyl (C=O) groups is 1. The predicted octanol–water partition coefficient (Wildman–Crippen LogP) is 2.57. The molecule has 0 saturated heterocycles. The molecule has 0 rings (SSSR count). The fourth-order valence-corrected chi connectivity index (χ4v) is 0.920. The summed E-state index contributed by atoms with van der Waals surface area (Å²) in [6.07, 6.45) is 5.91. The third-order valence-electron chi connectivity index (χ3n) is 1.72. The largest absolute Gasteiger partial charge is 0.300 e. The van der Waals surface area contributed by atoms with Crippen molar-refractivity contribution in [1.82, 2.24) is 0 Å². The Kier molecular flexibility index (Phi) is 4.91. The number of carbonyl (C=O) groups excluding carboxylic acids is 1. The minimum absolute atomic E-state index is 0.246. The number of hydrogen-bond acceptors (Lipinski definition) is 1. The molecule has 0 spiro atoms. The maximum atomic E-state index is 10.8. The van der Waals surface area contributed by atoms with E-state index in [1.54, 1.807) is 6.92 Å². The Morgan fingerprint density at radius 1 is 1.60 bits per heavy atom. The van der Waals surface area contributed by atoms with Gasteiger partial charge in [-0.2, -0.15) is 0 Å². The van der Waals surface area contributed by atoms with E-state index < -0.39 is 0 Å². The maximum absolute atomic E-state index is 10.8. The van der Waals surface area contributed by atoms with Crippen molar-refractivity contribution >= 4 is 5.78 Å². The van der Waals surface area contributed by atoms with Crippen LogP contribution in [0.2, 0.25) is 0 Å². The molecule has 0 aliphatic rings. The van der Waals surface area contributed by atoms with Crippen LogP contribution >= 0.6 is 0 Å². The van der Waals surface area contributed by atoms with Crippen molar-refractivity contribution in [2.75, 3.05) is 0 Å². The van der Waals surface area contributed by atoms with Crippen molar-refractivity contribution in [2.24, 2.45) is 5.92 Å². The molecule has 1 unspecified atom stereocenters. The second-order valence-corrected chi connectivity index (χ2v) is 2.52. The highest BCUT2D eigenvalue weighted by molar-refractivity contribution is 5.78. The highest BCUT2D eigenvalue weighted by Crippen LogP contribution is 2.09. The van der Waals surface area contributed by atoms with Gasteiger partial charge in [0.1, 0.15) is 5.78 Å². The van der Waals surface area contributed by atoms with Gasteiger partial charge in [0.25, 0.3) is 0 Å². The highest BCUT2D eigenvalue weighted by atomic mass is 16.1. The molecule has 0 aliphatic carbocycles. The zero-order valence-corrected chi connectivity index (χ0v) is 7.05. The Hall–Kier alpha value is -0.590. The third-order valence-corrected chi connectivity index (χ3v) is 1.72. The second-order valence-electron chi connectivity index (χ2n) is 2.52. The van der Waals surface area contributed by atoms with Crippen LogP contribution in [0.15, 0.2) is 12.2 Å². The van der Waals surface area contributed by atoms with Crippen LogP contribution in [0.25, 0.3) is 0 Å². The van der Waals surface area contributed by atoms with Crippen molar-refractivity contribution in [3.05, 3.63) is 12.2 Å². The van der Waals surface area contributed by atoms with Crippen LogP contribution in [0.4, 0.5) is 0 Å². The van der Waals surface area contributed by atoms with Gasteiger partial charge in [-0.3, -0.25) is 4.79 Å². The Morgan fingerprint density at radius 3 is 2.50 bits per heavy atom. The molecule has 1 atom stereocenters. The van der Waals surface area contributed by atoms with Crippen molar-refractivity contribution in [2.45, 2.75) is 33.6 Å². The zero-order chi connectivity index (χ0) is 7.98. The van der Waals surface area contributed by atoms with Crippen LogP contribution in [0.3, 0.4) is 0 Å². The molecule has 0 amide bonds. The first kappa shape index (κ1) is 9.41. The van der Waals surface area contributed by atoms with Crippen LogP contribution in [0, 0.1) is 5.92 Å². The smallest absolute Gasteiger partial charge is 0.133 e. The average molecular weight is 140 g/mol. The predicted molar refractivity (Wildman–Crippen MR) is 43.9 cm³/mol. The molecule has 0 aromatic heterocycles. The molecule has 0 bridgehead atoms. The summed E-state index contributed by atoms with van der Waals surface area (Å²) in [5.74, 6) is 0.553. The van der Waals surface area contributed by atoms with Gasteiger partial charge < -0.3 is 0 Å². The van der Waals surface area contributed by atoms with E-state index >= 15 is 0 Å². The summed E-state index contributed by atoms with van der Waals surface area (Å²) in [5, 5.41) is 0. The van der Waals surface area contributed by atoms with Gasteiger partial charge in [0, 0.05) is 5.92 Å².